The van der Waals surface area contributed by atoms with Crippen molar-refractivity contribution in [2.24, 2.45) is 0 Å². The fourth-order valence-electron chi connectivity index (χ4n) is 3.62. The highest BCUT2D eigenvalue weighted by Crippen LogP contribution is 2.34. The highest BCUT2D eigenvalue weighted by molar-refractivity contribution is 7.99. The Morgan fingerprint density at radius 3 is 2.32 bits per heavy atom. The molecule has 0 spiro atoms. The minimum atomic E-state index is -4.26. The van der Waals surface area contributed by atoms with Gasteiger partial charge >= 0.3 is 0 Å². The fraction of sp³-hybridized carbons (Fsp3) is 0.107. The van der Waals surface area contributed by atoms with Gasteiger partial charge in [0.2, 0.25) is 5.91 Å². The Balaban J connectivity index is 1.66. The van der Waals surface area contributed by atoms with Gasteiger partial charge in [-0.3, -0.25) is 9.10 Å². The van der Waals surface area contributed by atoms with Crippen LogP contribution >= 0.6 is 11.8 Å². The number of rotatable bonds is 9. The molecule has 0 aliphatic rings. The number of ether oxygens (including phenoxy) is 1. The molecule has 6 nitrogen and oxygen atoms in total. The molecule has 190 valence electrons. The summed E-state index contributed by atoms with van der Waals surface area (Å²) in [5, 5.41) is 2.83. The van der Waals surface area contributed by atoms with Crippen LogP contribution < -0.4 is 14.4 Å². The smallest absolute Gasteiger partial charge is 0.268 e. The van der Waals surface area contributed by atoms with Gasteiger partial charge in [-0.25, -0.2) is 12.8 Å². The number of carbonyl (C=O) groups is 1. The number of para-hydroxylation sites is 1. The van der Waals surface area contributed by atoms with Crippen LogP contribution in [-0.2, 0) is 14.8 Å². The molecule has 0 saturated heterocycles. The maximum Gasteiger partial charge on any atom is 0.268 e. The van der Waals surface area contributed by atoms with Gasteiger partial charge in [-0.2, -0.15) is 0 Å². The normalized spacial score (nSPS) is 11.1. The summed E-state index contributed by atoms with van der Waals surface area (Å²) in [5.74, 6) is -0.936. The second kappa shape index (κ2) is 11.5. The van der Waals surface area contributed by atoms with Crippen molar-refractivity contribution in [2.75, 3.05) is 23.3 Å². The molecule has 4 aromatic carbocycles. The second-order valence-electron chi connectivity index (χ2n) is 8.10. The van der Waals surface area contributed by atoms with Crippen molar-refractivity contribution in [2.45, 2.75) is 21.6 Å². The van der Waals surface area contributed by atoms with Gasteiger partial charge in [-0.1, -0.05) is 48.2 Å². The van der Waals surface area contributed by atoms with Gasteiger partial charge in [0, 0.05) is 9.79 Å². The zero-order chi connectivity index (χ0) is 26.4. The number of amides is 1. The number of anilines is 2. The molecule has 0 aliphatic heterocycles. The lowest BCUT2D eigenvalue weighted by atomic mass is 10.2. The minimum Gasteiger partial charge on any atom is -0.495 e. The first-order valence-electron chi connectivity index (χ1n) is 11.3. The average molecular weight is 537 g/mol. The average Bonchev–Trinajstić information content (AvgIpc) is 2.89. The fourth-order valence-corrected chi connectivity index (χ4v) is 6.21. The first-order valence-corrected chi connectivity index (χ1v) is 13.6. The summed E-state index contributed by atoms with van der Waals surface area (Å²) in [7, 11) is -2.88. The van der Waals surface area contributed by atoms with E-state index < -0.39 is 28.3 Å². The summed E-state index contributed by atoms with van der Waals surface area (Å²) in [6.45, 7) is 1.23. The molecule has 0 radical (unpaired) electrons. The van der Waals surface area contributed by atoms with E-state index in [0.717, 1.165) is 26.2 Å². The summed E-state index contributed by atoms with van der Waals surface area (Å²) < 4.78 is 47.5. The molecule has 0 saturated carbocycles. The van der Waals surface area contributed by atoms with Crippen molar-refractivity contribution < 1.29 is 22.3 Å². The van der Waals surface area contributed by atoms with Crippen LogP contribution in [0.2, 0.25) is 0 Å². The number of carbonyl (C=O) groups excluding carboxylic acids is 1. The molecular weight excluding hydrogens is 511 g/mol. The number of methoxy groups -OCH3 is 1. The van der Waals surface area contributed by atoms with Gasteiger partial charge < -0.3 is 10.1 Å². The summed E-state index contributed by atoms with van der Waals surface area (Å²) in [5.41, 5.74) is 1.40. The highest BCUT2D eigenvalue weighted by atomic mass is 32.2. The number of nitrogens with one attached hydrogen (secondary N) is 1. The van der Waals surface area contributed by atoms with Crippen molar-refractivity contribution in [3.05, 3.63) is 108 Å². The van der Waals surface area contributed by atoms with Gasteiger partial charge in [0.05, 0.1) is 18.5 Å². The predicted octanol–water partition coefficient (Wildman–Crippen LogP) is 6.13. The maximum atomic E-state index is 13.8. The number of nitrogens with zero attached hydrogens (tertiary/aromatic N) is 1. The monoisotopic (exact) mass is 536 g/mol. The summed E-state index contributed by atoms with van der Waals surface area (Å²) in [6, 6.07) is 26.7. The lowest BCUT2D eigenvalue weighted by molar-refractivity contribution is -0.114. The molecule has 0 aliphatic carbocycles. The van der Waals surface area contributed by atoms with E-state index in [1.54, 1.807) is 31.2 Å². The highest BCUT2D eigenvalue weighted by Gasteiger charge is 2.30. The topological polar surface area (TPSA) is 75.7 Å². The quantitative estimate of drug-likeness (QED) is 0.279. The minimum absolute atomic E-state index is 0.0906. The molecule has 0 bridgehead atoms. The molecule has 0 heterocycles. The first-order chi connectivity index (χ1) is 17.8. The van der Waals surface area contributed by atoms with E-state index in [9.17, 15) is 17.6 Å². The Hall–Kier alpha value is -3.82. The SMILES string of the molecule is COc1ccc(C)cc1S(=O)(=O)N(CC(=O)Nc1ccccc1Sc1ccccc1)c1ccc(F)cc1. The van der Waals surface area contributed by atoms with Crippen molar-refractivity contribution in [1.29, 1.82) is 0 Å². The number of benzene rings is 4. The lowest BCUT2D eigenvalue weighted by Gasteiger charge is -2.25. The zero-order valence-electron chi connectivity index (χ0n) is 20.2. The molecule has 0 atom stereocenters. The van der Waals surface area contributed by atoms with Crippen LogP contribution in [0, 0.1) is 12.7 Å². The van der Waals surface area contributed by atoms with Crippen LogP contribution in [0.5, 0.6) is 5.75 Å². The van der Waals surface area contributed by atoms with E-state index in [2.05, 4.69) is 5.32 Å². The molecule has 1 amide bonds. The largest absolute Gasteiger partial charge is 0.495 e. The summed E-state index contributed by atoms with van der Waals surface area (Å²) >= 11 is 1.48. The predicted molar refractivity (Wildman–Crippen MR) is 144 cm³/mol. The van der Waals surface area contributed by atoms with Crippen LogP contribution in [0.1, 0.15) is 5.56 Å². The van der Waals surface area contributed by atoms with Gasteiger partial charge in [0.25, 0.3) is 10.0 Å². The van der Waals surface area contributed by atoms with Crippen molar-refractivity contribution in [3.8, 4) is 5.75 Å². The Morgan fingerprint density at radius 1 is 0.946 bits per heavy atom. The van der Waals surface area contributed by atoms with E-state index in [1.807, 2.05) is 42.5 Å². The summed E-state index contributed by atoms with van der Waals surface area (Å²) in [4.78, 5) is 14.9. The van der Waals surface area contributed by atoms with Crippen LogP contribution in [-0.4, -0.2) is 28.0 Å². The van der Waals surface area contributed by atoms with E-state index >= 15 is 0 Å². The van der Waals surface area contributed by atoms with Crippen LogP contribution in [0.3, 0.4) is 0 Å². The van der Waals surface area contributed by atoms with Crippen molar-refractivity contribution in [3.63, 3.8) is 0 Å². The third-order valence-corrected chi connectivity index (χ3v) is 8.30. The lowest BCUT2D eigenvalue weighted by Crippen LogP contribution is -2.38. The molecule has 1 N–H and O–H groups in total. The molecule has 0 aromatic heterocycles. The van der Waals surface area contributed by atoms with E-state index in [-0.39, 0.29) is 16.3 Å². The molecular formula is C28H25FN2O4S2. The number of hydrogen-bond donors (Lipinski definition) is 1. The number of halogens is 1. The van der Waals surface area contributed by atoms with Crippen molar-refractivity contribution >= 4 is 39.1 Å². The second-order valence-corrected chi connectivity index (χ2v) is 11.0. The Morgan fingerprint density at radius 2 is 1.62 bits per heavy atom. The molecule has 4 aromatic rings. The number of sulfonamides is 1. The van der Waals surface area contributed by atoms with E-state index in [1.165, 1.54) is 37.1 Å². The van der Waals surface area contributed by atoms with Crippen LogP contribution in [0.25, 0.3) is 0 Å². The third kappa shape index (κ3) is 6.31. The number of hydrogen-bond acceptors (Lipinski definition) is 5. The van der Waals surface area contributed by atoms with Gasteiger partial charge in [-0.05, 0) is 73.2 Å². The Bertz CT molecular complexity index is 1490. The molecule has 9 heteroatoms. The van der Waals surface area contributed by atoms with Gasteiger partial charge in [-0.15, -0.1) is 0 Å². The van der Waals surface area contributed by atoms with Gasteiger partial charge in [0.15, 0.2) is 0 Å². The standard InChI is InChI=1S/C28H25FN2O4S2/c1-20-12-17-25(35-2)27(18-20)37(33,34)31(22-15-13-21(29)14-16-22)19-28(32)30-24-10-6-7-11-26(24)36-23-8-4-3-5-9-23/h3-18H,19H2,1-2H3,(H,30,32). The first kappa shape index (κ1) is 26.2. The molecule has 4 rings (SSSR count). The molecule has 0 unspecified atom stereocenters. The Labute approximate surface area is 220 Å². The van der Waals surface area contributed by atoms with E-state index in [4.69, 9.17) is 4.74 Å². The zero-order valence-corrected chi connectivity index (χ0v) is 21.9. The van der Waals surface area contributed by atoms with Gasteiger partial charge in [0.1, 0.15) is 23.0 Å². The number of aryl methyl sites for hydroxylation is 1. The summed E-state index contributed by atoms with van der Waals surface area (Å²) in [6.07, 6.45) is 0. The molecule has 37 heavy (non-hydrogen) atoms. The Kier molecular flexibility index (Phi) is 8.15. The van der Waals surface area contributed by atoms with E-state index in [0.29, 0.717) is 11.3 Å². The van der Waals surface area contributed by atoms with Crippen LogP contribution in [0.4, 0.5) is 15.8 Å². The van der Waals surface area contributed by atoms with Crippen LogP contribution in [0.15, 0.2) is 112 Å². The maximum absolute atomic E-state index is 13.8. The third-order valence-electron chi connectivity index (χ3n) is 5.42. The molecule has 0 fully saturated rings. The van der Waals surface area contributed by atoms with Crippen molar-refractivity contribution in [1.82, 2.24) is 0 Å².